The van der Waals surface area contributed by atoms with E-state index >= 15 is 0 Å². The highest BCUT2D eigenvalue weighted by Gasteiger charge is 2.34. The van der Waals surface area contributed by atoms with E-state index in [1.807, 2.05) is 0 Å². The number of hydrogen-bond donors (Lipinski definition) is 0. The first-order valence-electron chi connectivity index (χ1n) is 3.70. The Morgan fingerprint density at radius 1 is 1.50 bits per heavy atom. The number of alkyl halides is 2. The summed E-state index contributed by atoms with van der Waals surface area (Å²) in [4.78, 5) is 10.2. The lowest BCUT2D eigenvalue weighted by Gasteiger charge is -2.14. The zero-order chi connectivity index (χ0) is 10.8. The van der Waals surface area contributed by atoms with E-state index in [4.69, 9.17) is 4.74 Å². The van der Waals surface area contributed by atoms with Gasteiger partial charge in [0.25, 0.3) is 0 Å². The third-order valence-electron chi connectivity index (χ3n) is 1.68. The molecule has 1 aromatic carbocycles. The summed E-state index contributed by atoms with van der Waals surface area (Å²) in [6.07, 6.45) is -0.405. The van der Waals surface area contributed by atoms with Crippen LogP contribution in [0.4, 0.5) is 8.78 Å². The highest BCUT2D eigenvalue weighted by Crippen LogP contribution is 2.37. The van der Waals surface area contributed by atoms with Crippen LogP contribution in [0.5, 0.6) is 5.75 Å². The van der Waals surface area contributed by atoms with Gasteiger partial charge in [0.05, 0.1) is 17.1 Å². The molecular weight excluding hydrogens is 258 g/mol. The first-order chi connectivity index (χ1) is 6.53. The standard InChI is InChI=1S/C9H7BrF2O2/c1-14-8-6(9(11,12)5-13)3-2-4-7(8)10/h2-5H,1H3. The molecule has 0 saturated heterocycles. The molecule has 0 heterocycles. The van der Waals surface area contributed by atoms with Gasteiger partial charge in [0.1, 0.15) is 5.75 Å². The largest absolute Gasteiger partial charge is 0.495 e. The van der Waals surface area contributed by atoms with Crippen molar-refractivity contribution in [1.82, 2.24) is 0 Å². The van der Waals surface area contributed by atoms with E-state index in [0.717, 1.165) is 6.07 Å². The number of hydrogen-bond acceptors (Lipinski definition) is 2. The molecular formula is C9H7BrF2O2. The van der Waals surface area contributed by atoms with Gasteiger partial charge < -0.3 is 4.74 Å². The predicted molar refractivity (Wildman–Crippen MR) is 50.7 cm³/mol. The number of ether oxygens (including phenoxy) is 1. The predicted octanol–water partition coefficient (Wildman–Crippen LogP) is 2.75. The topological polar surface area (TPSA) is 26.3 Å². The maximum Gasteiger partial charge on any atom is 0.331 e. The number of para-hydroxylation sites is 1. The number of carbonyl (C=O) groups excluding carboxylic acids is 1. The van der Waals surface area contributed by atoms with Crippen molar-refractivity contribution in [2.45, 2.75) is 5.92 Å². The van der Waals surface area contributed by atoms with Gasteiger partial charge >= 0.3 is 5.92 Å². The van der Waals surface area contributed by atoms with Crippen molar-refractivity contribution in [1.29, 1.82) is 0 Å². The fourth-order valence-corrected chi connectivity index (χ4v) is 1.57. The van der Waals surface area contributed by atoms with E-state index in [1.54, 1.807) is 6.07 Å². The van der Waals surface area contributed by atoms with Crippen LogP contribution < -0.4 is 4.74 Å². The zero-order valence-electron chi connectivity index (χ0n) is 7.26. The molecule has 1 rings (SSSR count). The van der Waals surface area contributed by atoms with Gasteiger partial charge in [0, 0.05) is 0 Å². The van der Waals surface area contributed by atoms with Gasteiger partial charge in [0.15, 0.2) is 6.29 Å². The van der Waals surface area contributed by atoms with Crippen molar-refractivity contribution in [3.8, 4) is 5.75 Å². The van der Waals surface area contributed by atoms with Gasteiger partial charge in [-0.05, 0) is 28.1 Å². The van der Waals surface area contributed by atoms with Crippen molar-refractivity contribution in [3.63, 3.8) is 0 Å². The van der Waals surface area contributed by atoms with Gasteiger partial charge in [-0.1, -0.05) is 6.07 Å². The molecule has 0 spiro atoms. The van der Waals surface area contributed by atoms with E-state index in [0.29, 0.717) is 4.47 Å². The molecule has 0 unspecified atom stereocenters. The van der Waals surface area contributed by atoms with Crippen LogP contribution in [-0.2, 0) is 10.7 Å². The van der Waals surface area contributed by atoms with Crippen LogP contribution in [0.1, 0.15) is 5.56 Å². The van der Waals surface area contributed by atoms with Gasteiger partial charge in [-0.15, -0.1) is 0 Å². The van der Waals surface area contributed by atoms with Gasteiger partial charge in [0.2, 0.25) is 0 Å². The minimum absolute atomic E-state index is 0.0235. The normalized spacial score (nSPS) is 11.1. The summed E-state index contributed by atoms with van der Waals surface area (Å²) >= 11 is 3.05. The smallest absolute Gasteiger partial charge is 0.331 e. The number of halogens is 3. The number of rotatable bonds is 3. The summed E-state index contributed by atoms with van der Waals surface area (Å²) < 4.78 is 31.3. The van der Waals surface area contributed by atoms with Crippen LogP contribution in [-0.4, -0.2) is 13.4 Å². The van der Waals surface area contributed by atoms with Gasteiger partial charge in [-0.25, -0.2) is 0 Å². The molecule has 0 amide bonds. The van der Waals surface area contributed by atoms with Crippen molar-refractivity contribution in [2.75, 3.05) is 7.11 Å². The molecule has 14 heavy (non-hydrogen) atoms. The van der Waals surface area contributed by atoms with E-state index in [9.17, 15) is 13.6 Å². The summed E-state index contributed by atoms with van der Waals surface area (Å²) in [5.74, 6) is -3.54. The van der Waals surface area contributed by atoms with Crippen LogP contribution in [0.15, 0.2) is 22.7 Å². The first kappa shape index (κ1) is 11.1. The van der Waals surface area contributed by atoms with Crippen molar-refractivity contribution >= 4 is 22.2 Å². The summed E-state index contributed by atoms with van der Waals surface area (Å²) in [5, 5.41) is 0. The minimum atomic E-state index is -3.52. The highest BCUT2D eigenvalue weighted by molar-refractivity contribution is 9.10. The van der Waals surface area contributed by atoms with E-state index in [-0.39, 0.29) is 5.75 Å². The van der Waals surface area contributed by atoms with Crippen LogP contribution in [0.3, 0.4) is 0 Å². The number of aldehydes is 1. The molecule has 0 aliphatic rings. The first-order valence-corrected chi connectivity index (χ1v) is 4.49. The fraction of sp³-hybridized carbons (Fsp3) is 0.222. The third kappa shape index (κ3) is 1.92. The second-order valence-corrected chi connectivity index (χ2v) is 3.42. The van der Waals surface area contributed by atoms with Crippen LogP contribution in [0.25, 0.3) is 0 Å². The molecule has 1 aromatic rings. The molecule has 0 aromatic heterocycles. The summed E-state index contributed by atoms with van der Waals surface area (Å²) in [5.41, 5.74) is -0.440. The summed E-state index contributed by atoms with van der Waals surface area (Å²) in [6, 6.07) is 4.13. The average Bonchev–Trinajstić information content (AvgIpc) is 2.17. The van der Waals surface area contributed by atoms with Crippen molar-refractivity contribution in [3.05, 3.63) is 28.2 Å². The number of carbonyl (C=O) groups is 1. The Morgan fingerprint density at radius 3 is 2.64 bits per heavy atom. The second-order valence-electron chi connectivity index (χ2n) is 2.56. The maximum absolute atomic E-state index is 13.0. The third-order valence-corrected chi connectivity index (χ3v) is 2.30. The Kier molecular flexibility index (Phi) is 3.21. The lowest BCUT2D eigenvalue weighted by molar-refractivity contribution is -0.130. The molecule has 0 radical (unpaired) electrons. The number of benzene rings is 1. The molecule has 2 nitrogen and oxygen atoms in total. The molecule has 0 N–H and O–H groups in total. The van der Waals surface area contributed by atoms with Gasteiger partial charge in [-0.3, -0.25) is 4.79 Å². The molecule has 0 saturated carbocycles. The van der Waals surface area contributed by atoms with Crippen LogP contribution in [0.2, 0.25) is 0 Å². The zero-order valence-corrected chi connectivity index (χ0v) is 8.85. The Labute approximate surface area is 88.0 Å². The molecule has 0 aliphatic carbocycles. The Bertz CT molecular complexity index is 353. The SMILES string of the molecule is COc1c(Br)cccc1C(F)(F)C=O. The van der Waals surface area contributed by atoms with E-state index in [1.165, 1.54) is 13.2 Å². The molecule has 5 heteroatoms. The Morgan fingerprint density at radius 2 is 2.14 bits per heavy atom. The average molecular weight is 265 g/mol. The number of methoxy groups -OCH3 is 1. The maximum atomic E-state index is 13.0. The van der Waals surface area contributed by atoms with Crippen LogP contribution in [0, 0.1) is 0 Å². The van der Waals surface area contributed by atoms with Gasteiger partial charge in [-0.2, -0.15) is 8.78 Å². The lowest BCUT2D eigenvalue weighted by Crippen LogP contribution is -2.16. The lowest BCUT2D eigenvalue weighted by atomic mass is 10.1. The molecule has 0 aliphatic heterocycles. The summed E-state index contributed by atoms with van der Waals surface area (Å²) in [7, 11) is 1.27. The molecule has 0 bridgehead atoms. The van der Waals surface area contributed by atoms with Crippen molar-refractivity contribution in [2.24, 2.45) is 0 Å². The fourth-order valence-electron chi connectivity index (χ4n) is 1.04. The molecule has 76 valence electrons. The second kappa shape index (κ2) is 4.04. The monoisotopic (exact) mass is 264 g/mol. The van der Waals surface area contributed by atoms with Crippen molar-refractivity contribution < 1.29 is 18.3 Å². The van der Waals surface area contributed by atoms with E-state index < -0.39 is 17.8 Å². The Hall–Kier alpha value is -0.970. The van der Waals surface area contributed by atoms with E-state index in [2.05, 4.69) is 15.9 Å². The Balaban J connectivity index is 3.34. The quantitative estimate of drug-likeness (QED) is 0.785. The minimum Gasteiger partial charge on any atom is -0.495 e. The molecule has 0 atom stereocenters. The van der Waals surface area contributed by atoms with Crippen LogP contribution >= 0.6 is 15.9 Å². The summed E-state index contributed by atoms with van der Waals surface area (Å²) in [6.45, 7) is 0. The highest BCUT2D eigenvalue weighted by atomic mass is 79.9. The molecule has 0 fully saturated rings.